The average molecular weight is 378 g/mol. The lowest BCUT2D eigenvalue weighted by molar-refractivity contribution is 0.277. The van der Waals surface area contributed by atoms with Gasteiger partial charge in [-0.25, -0.2) is 0 Å². The van der Waals surface area contributed by atoms with Gasteiger partial charge in [-0.1, -0.05) is 92.5 Å². The summed E-state index contributed by atoms with van der Waals surface area (Å²) in [5, 5.41) is 12.9. The van der Waals surface area contributed by atoms with E-state index in [0.717, 1.165) is 30.6 Å². The van der Waals surface area contributed by atoms with Crippen molar-refractivity contribution in [3.05, 3.63) is 77.9 Å². The molecule has 2 aromatic carbocycles. The summed E-state index contributed by atoms with van der Waals surface area (Å²) < 4.78 is 0. The molecule has 0 heterocycles. The second kappa shape index (κ2) is 11.5. The second-order valence-electron chi connectivity index (χ2n) is 7.61. The molecule has 0 radical (unpaired) electrons. The van der Waals surface area contributed by atoms with E-state index in [4.69, 9.17) is 0 Å². The zero-order valence-corrected chi connectivity index (χ0v) is 17.7. The Kier molecular flexibility index (Phi) is 9.03. The molecule has 2 aromatic rings. The molecule has 28 heavy (non-hydrogen) atoms. The van der Waals surface area contributed by atoms with Crippen molar-refractivity contribution in [2.24, 2.45) is 0 Å². The monoisotopic (exact) mass is 377 g/mol. The van der Waals surface area contributed by atoms with Gasteiger partial charge in [0.05, 0.1) is 0 Å². The Morgan fingerprint density at radius 1 is 1.07 bits per heavy atom. The van der Waals surface area contributed by atoms with E-state index in [1.807, 2.05) is 36.4 Å². The van der Waals surface area contributed by atoms with Crippen molar-refractivity contribution in [1.82, 2.24) is 4.90 Å². The first-order valence-electron chi connectivity index (χ1n) is 10.4. The third kappa shape index (κ3) is 6.38. The number of allylic oxidation sites excluding steroid dienone is 4. The van der Waals surface area contributed by atoms with Gasteiger partial charge in [-0.15, -0.1) is 0 Å². The van der Waals surface area contributed by atoms with Crippen molar-refractivity contribution in [3.63, 3.8) is 0 Å². The van der Waals surface area contributed by atoms with Gasteiger partial charge in [0.15, 0.2) is 0 Å². The number of phenolic OH excluding ortho intramolecular Hbond substituents is 1. The molecule has 2 rings (SSSR count). The molecule has 1 N–H and O–H groups in total. The van der Waals surface area contributed by atoms with Gasteiger partial charge in [0.25, 0.3) is 0 Å². The highest BCUT2D eigenvalue weighted by Crippen LogP contribution is 2.29. The van der Waals surface area contributed by atoms with E-state index in [1.165, 1.54) is 42.2 Å². The van der Waals surface area contributed by atoms with Gasteiger partial charge in [0.1, 0.15) is 5.75 Å². The van der Waals surface area contributed by atoms with Crippen LogP contribution in [0.4, 0.5) is 0 Å². The zero-order chi connectivity index (χ0) is 20.4. The van der Waals surface area contributed by atoms with Crippen molar-refractivity contribution < 1.29 is 5.11 Å². The summed E-state index contributed by atoms with van der Waals surface area (Å²) >= 11 is 0. The number of hydrogen-bond donors (Lipinski definition) is 1. The molecule has 0 aliphatic heterocycles. The molecule has 150 valence electrons. The minimum atomic E-state index is 0.391. The molecule has 2 heteroatoms. The summed E-state index contributed by atoms with van der Waals surface area (Å²) in [7, 11) is 0. The van der Waals surface area contributed by atoms with Gasteiger partial charge in [-0.2, -0.15) is 0 Å². The molecule has 0 atom stereocenters. The van der Waals surface area contributed by atoms with Crippen molar-refractivity contribution in [3.8, 4) is 5.75 Å². The van der Waals surface area contributed by atoms with Crippen LogP contribution in [0.25, 0.3) is 10.8 Å². The lowest BCUT2D eigenvalue weighted by Gasteiger charge is -2.25. The highest BCUT2D eigenvalue weighted by Gasteiger charge is 2.13. The van der Waals surface area contributed by atoms with Crippen LogP contribution >= 0.6 is 0 Å². The number of aromatic hydroxyl groups is 1. The molecule has 0 fully saturated rings. The number of phenols is 1. The summed E-state index contributed by atoms with van der Waals surface area (Å²) in [4.78, 5) is 2.47. The Bertz CT molecular complexity index is 831. The van der Waals surface area contributed by atoms with E-state index in [1.54, 1.807) is 0 Å². The minimum absolute atomic E-state index is 0.391. The van der Waals surface area contributed by atoms with Crippen molar-refractivity contribution >= 4 is 10.8 Å². The molecule has 0 saturated heterocycles. The maximum Gasteiger partial charge on any atom is 0.120 e. The number of nitrogens with zero attached hydrogens (tertiary/aromatic N) is 1. The van der Waals surface area contributed by atoms with Crippen LogP contribution in [-0.2, 0) is 6.54 Å². The Morgan fingerprint density at radius 2 is 1.86 bits per heavy atom. The molecule has 0 amide bonds. The third-order valence-corrected chi connectivity index (χ3v) is 5.34. The van der Waals surface area contributed by atoms with Crippen LogP contribution in [0, 0.1) is 0 Å². The van der Waals surface area contributed by atoms with Crippen molar-refractivity contribution in [2.45, 2.75) is 53.0 Å². The maximum atomic E-state index is 10.6. The summed E-state index contributed by atoms with van der Waals surface area (Å²) in [5.74, 6) is 0.391. The Morgan fingerprint density at radius 3 is 2.61 bits per heavy atom. The molecular formula is C26H35NO. The van der Waals surface area contributed by atoms with Crippen LogP contribution in [0.15, 0.2) is 72.4 Å². The average Bonchev–Trinajstić information content (AvgIpc) is 2.71. The van der Waals surface area contributed by atoms with Gasteiger partial charge in [-0.3, -0.25) is 4.90 Å². The van der Waals surface area contributed by atoms with E-state index < -0.39 is 0 Å². The van der Waals surface area contributed by atoms with Crippen LogP contribution < -0.4 is 0 Å². The molecule has 0 aromatic heterocycles. The SMILES string of the molecule is C=C/C=C\C(C)=C(\C)CN(CCCCCC)Cc1c(O)ccc2ccccc12. The highest BCUT2D eigenvalue weighted by atomic mass is 16.3. The third-order valence-electron chi connectivity index (χ3n) is 5.34. The smallest absolute Gasteiger partial charge is 0.120 e. The summed E-state index contributed by atoms with van der Waals surface area (Å²) in [6.45, 7) is 13.1. The van der Waals surface area contributed by atoms with Crippen LogP contribution in [0.1, 0.15) is 52.0 Å². The van der Waals surface area contributed by atoms with E-state index in [0.29, 0.717) is 5.75 Å². The van der Waals surface area contributed by atoms with Crippen LogP contribution in [0.5, 0.6) is 5.75 Å². The fourth-order valence-electron chi connectivity index (χ4n) is 3.51. The Labute approximate surface area is 170 Å². The second-order valence-corrected chi connectivity index (χ2v) is 7.61. The molecular weight excluding hydrogens is 342 g/mol. The van der Waals surface area contributed by atoms with Crippen molar-refractivity contribution in [2.75, 3.05) is 13.1 Å². The molecule has 0 aliphatic carbocycles. The molecule has 0 unspecified atom stereocenters. The predicted octanol–water partition coefficient (Wildman–Crippen LogP) is 7.01. The Hall–Kier alpha value is -2.32. The molecule has 2 nitrogen and oxygen atoms in total. The van der Waals surface area contributed by atoms with Gasteiger partial charge < -0.3 is 5.11 Å². The summed E-state index contributed by atoms with van der Waals surface area (Å²) in [5.41, 5.74) is 3.66. The largest absolute Gasteiger partial charge is 0.508 e. The van der Waals surface area contributed by atoms with Gasteiger partial charge in [0, 0.05) is 18.7 Å². The predicted molar refractivity (Wildman–Crippen MR) is 123 cm³/mol. The van der Waals surface area contributed by atoms with Crippen LogP contribution in [-0.4, -0.2) is 23.1 Å². The van der Waals surface area contributed by atoms with E-state index >= 15 is 0 Å². The topological polar surface area (TPSA) is 23.5 Å². The normalized spacial score (nSPS) is 12.7. The number of benzene rings is 2. The van der Waals surface area contributed by atoms with Gasteiger partial charge in [0.2, 0.25) is 0 Å². The first-order chi connectivity index (χ1) is 13.6. The van der Waals surface area contributed by atoms with E-state index in [9.17, 15) is 5.11 Å². The lowest BCUT2D eigenvalue weighted by Crippen LogP contribution is -2.27. The summed E-state index contributed by atoms with van der Waals surface area (Å²) in [6.07, 6.45) is 10.9. The first-order valence-corrected chi connectivity index (χ1v) is 10.4. The molecule has 0 saturated carbocycles. The van der Waals surface area contributed by atoms with Gasteiger partial charge in [-0.05, 0) is 43.7 Å². The van der Waals surface area contributed by atoms with Crippen molar-refractivity contribution in [1.29, 1.82) is 0 Å². The number of hydrogen-bond acceptors (Lipinski definition) is 2. The number of rotatable bonds is 11. The zero-order valence-electron chi connectivity index (χ0n) is 17.7. The first kappa shape index (κ1) is 22.0. The Balaban J connectivity index is 2.25. The fraction of sp³-hybridized carbons (Fsp3) is 0.385. The standard InChI is InChI=1S/C26H35NO/c1-5-7-9-12-18-27(19-22(4)21(3)13-8-6-2)20-25-24-15-11-10-14-23(24)16-17-26(25)28/h6,8,10-11,13-17,28H,2,5,7,9,12,18-20H2,1,3-4H3/b13-8-,22-21-. The van der Waals surface area contributed by atoms with E-state index in [2.05, 4.69) is 50.5 Å². The fourth-order valence-corrected chi connectivity index (χ4v) is 3.51. The van der Waals surface area contributed by atoms with Crippen LogP contribution in [0.3, 0.4) is 0 Å². The molecule has 0 bridgehead atoms. The quantitative estimate of drug-likeness (QED) is 0.336. The van der Waals surface area contributed by atoms with Gasteiger partial charge >= 0.3 is 0 Å². The lowest BCUT2D eigenvalue weighted by atomic mass is 10.0. The van der Waals surface area contributed by atoms with E-state index in [-0.39, 0.29) is 0 Å². The molecule has 0 aliphatic rings. The number of unbranched alkanes of at least 4 members (excludes halogenated alkanes) is 3. The minimum Gasteiger partial charge on any atom is -0.508 e. The van der Waals surface area contributed by atoms with Crippen LogP contribution in [0.2, 0.25) is 0 Å². The highest BCUT2D eigenvalue weighted by molar-refractivity contribution is 5.87. The number of fused-ring (bicyclic) bond motifs is 1. The molecule has 0 spiro atoms. The summed E-state index contributed by atoms with van der Waals surface area (Å²) in [6, 6.07) is 12.1. The maximum absolute atomic E-state index is 10.6.